The number of nitrogens with zero attached hydrogens (tertiary/aromatic N) is 4. The SMILES string of the molecule is CCCNc1nc(C)c([N+](=O)[O-])c(N(CC)CCC)n1. The van der Waals surface area contributed by atoms with Crippen LogP contribution in [-0.2, 0) is 0 Å². The maximum atomic E-state index is 11.3. The minimum atomic E-state index is -0.396. The molecular weight excluding hydrogens is 258 g/mol. The van der Waals surface area contributed by atoms with Gasteiger partial charge in [0.25, 0.3) is 0 Å². The highest BCUT2D eigenvalue weighted by Crippen LogP contribution is 2.29. The van der Waals surface area contributed by atoms with E-state index in [-0.39, 0.29) is 5.69 Å². The van der Waals surface area contributed by atoms with Crippen LogP contribution < -0.4 is 10.2 Å². The summed E-state index contributed by atoms with van der Waals surface area (Å²) in [4.78, 5) is 21.3. The average Bonchev–Trinajstić information content (AvgIpc) is 2.41. The van der Waals surface area contributed by atoms with Gasteiger partial charge in [0.2, 0.25) is 11.8 Å². The zero-order chi connectivity index (χ0) is 15.1. The zero-order valence-corrected chi connectivity index (χ0v) is 12.6. The topological polar surface area (TPSA) is 84.2 Å². The molecule has 0 aliphatic heterocycles. The van der Waals surface area contributed by atoms with Crippen molar-refractivity contribution in [3.63, 3.8) is 0 Å². The summed E-state index contributed by atoms with van der Waals surface area (Å²) >= 11 is 0. The molecule has 1 rings (SSSR count). The van der Waals surface area contributed by atoms with Gasteiger partial charge >= 0.3 is 5.69 Å². The van der Waals surface area contributed by atoms with E-state index in [9.17, 15) is 10.1 Å². The van der Waals surface area contributed by atoms with Crippen LogP contribution >= 0.6 is 0 Å². The van der Waals surface area contributed by atoms with Gasteiger partial charge < -0.3 is 10.2 Å². The quantitative estimate of drug-likeness (QED) is 0.582. The fraction of sp³-hybridized carbons (Fsp3) is 0.692. The highest BCUT2D eigenvalue weighted by atomic mass is 16.6. The molecule has 1 aromatic heterocycles. The molecule has 0 radical (unpaired) electrons. The van der Waals surface area contributed by atoms with E-state index in [0.29, 0.717) is 24.0 Å². The first-order valence-corrected chi connectivity index (χ1v) is 7.06. The lowest BCUT2D eigenvalue weighted by Crippen LogP contribution is -2.26. The maximum absolute atomic E-state index is 11.3. The first-order valence-electron chi connectivity index (χ1n) is 7.06. The number of anilines is 2. The van der Waals surface area contributed by atoms with E-state index in [4.69, 9.17) is 0 Å². The second kappa shape index (κ2) is 7.62. The van der Waals surface area contributed by atoms with E-state index in [0.717, 1.165) is 25.9 Å². The predicted molar refractivity (Wildman–Crippen MR) is 80.4 cm³/mol. The molecule has 0 amide bonds. The smallest absolute Gasteiger partial charge is 0.332 e. The summed E-state index contributed by atoms with van der Waals surface area (Å²) in [5.74, 6) is 0.866. The molecule has 0 fully saturated rings. The van der Waals surface area contributed by atoms with Gasteiger partial charge in [0.1, 0.15) is 5.69 Å². The third-order valence-electron chi connectivity index (χ3n) is 2.93. The molecule has 0 saturated heterocycles. The van der Waals surface area contributed by atoms with Crippen LogP contribution in [0.5, 0.6) is 0 Å². The van der Waals surface area contributed by atoms with E-state index in [1.807, 2.05) is 25.7 Å². The van der Waals surface area contributed by atoms with Crippen LogP contribution in [0, 0.1) is 17.0 Å². The number of rotatable bonds is 8. The first kappa shape index (κ1) is 16.1. The molecule has 7 heteroatoms. The standard InChI is InChI=1S/C13H23N5O2/c1-5-8-14-13-15-10(4)11(18(19)20)12(16-13)17(7-3)9-6-2/h5-9H2,1-4H3,(H,14,15,16). The van der Waals surface area contributed by atoms with E-state index in [1.54, 1.807) is 6.92 Å². The molecule has 1 aromatic rings. The van der Waals surface area contributed by atoms with Gasteiger partial charge in [0.05, 0.1) is 4.92 Å². The predicted octanol–water partition coefficient (Wildman–Crippen LogP) is 2.75. The second-order valence-corrected chi connectivity index (χ2v) is 4.57. The molecule has 0 bridgehead atoms. The van der Waals surface area contributed by atoms with Gasteiger partial charge in [0, 0.05) is 19.6 Å². The molecule has 1 N–H and O–H groups in total. The Balaban J connectivity index is 3.26. The van der Waals surface area contributed by atoms with Gasteiger partial charge in [-0.1, -0.05) is 13.8 Å². The molecule has 0 aliphatic carbocycles. The monoisotopic (exact) mass is 281 g/mol. The van der Waals surface area contributed by atoms with Gasteiger partial charge in [-0.25, -0.2) is 4.98 Å². The third kappa shape index (κ3) is 3.79. The molecule has 0 atom stereocenters. The molecule has 0 saturated carbocycles. The second-order valence-electron chi connectivity index (χ2n) is 4.57. The van der Waals surface area contributed by atoms with Crippen molar-refractivity contribution in [1.29, 1.82) is 0 Å². The highest BCUT2D eigenvalue weighted by molar-refractivity contribution is 5.62. The van der Waals surface area contributed by atoms with Crippen molar-refractivity contribution in [2.45, 2.75) is 40.5 Å². The van der Waals surface area contributed by atoms with Crippen LogP contribution in [0.1, 0.15) is 39.3 Å². The molecular formula is C13H23N5O2. The van der Waals surface area contributed by atoms with Gasteiger partial charge in [-0.05, 0) is 26.7 Å². The average molecular weight is 281 g/mol. The molecule has 0 aliphatic rings. The molecule has 20 heavy (non-hydrogen) atoms. The Morgan fingerprint density at radius 2 is 1.95 bits per heavy atom. The van der Waals surface area contributed by atoms with Crippen molar-refractivity contribution in [3.8, 4) is 0 Å². The molecule has 1 heterocycles. The molecule has 7 nitrogen and oxygen atoms in total. The Kier molecular flexibility index (Phi) is 6.14. The Hall–Kier alpha value is -1.92. The van der Waals surface area contributed by atoms with E-state index < -0.39 is 4.92 Å². The van der Waals surface area contributed by atoms with Crippen LogP contribution in [0.2, 0.25) is 0 Å². The van der Waals surface area contributed by atoms with Crippen molar-refractivity contribution in [2.24, 2.45) is 0 Å². The summed E-state index contributed by atoms with van der Waals surface area (Å²) in [5, 5.41) is 14.4. The van der Waals surface area contributed by atoms with Gasteiger partial charge in [0.15, 0.2) is 0 Å². The van der Waals surface area contributed by atoms with E-state index >= 15 is 0 Å². The Morgan fingerprint density at radius 3 is 2.45 bits per heavy atom. The summed E-state index contributed by atoms with van der Waals surface area (Å²) in [6.07, 6.45) is 1.85. The fourth-order valence-electron chi connectivity index (χ4n) is 1.99. The highest BCUT2D eigenvalue weighted by Gasteiger charge is 2.25. The summed E-state index contributed by atoms with van der Waals surface area (Å²) in [6.45, 7) is 9.87. The van der Waals surface area contributed by atoms with Crippen molar-refractivity contribution in [1.82, 2.24) is 9.97 Å². The van der Waals surface area contributed by atoms with Crippen molar-refractivity contribution in [3.05, 3.63) is 15.8 Å². The Morgan fingerprint density at radius 1 is 1.25 bits per heavy atom. The maximum Gasteiger partial charge on any atom is 0.332 e. The lowest BCUT2D eigenvalue weighted by atomic mass is 10.3. The van der Waals surface area contributed by atoms with Gasteiger partial charge in [-0.2, -0.15) is 4.98 Å². The summed E-state index contributed by atoms with van der Waals surface area (Å²) in [7, 11) is 0. The fourth-order valence-corrected chi connectivity index (χ4v) is 1.99. The van der Waals surface area contributed by atoms with Gasteiger partial charge in [-0.15, -0.1) is 0 Å². The summed E-state index contributed by atoms with van der Waals surface area (Å²) < 4.78 is 0. The minimum Gasteiger partial charge on any atom is -0.354 e. The van der Waals surface area contributed by atoms with Crippen LogP contribution in [0.25, 0.3) is 0 Å². The number of hydrogen-bond donors (Lipinski definition) is 1. The number of aromatic nitrogens is 2. The van der Waals surface area contributed by atoms with E-state index in [2.05, 4.69) is 15.3 Å². The Bertz CT molecular complexity index is 464. The lowest BCUT2D eigenvalue weighted by molar-refractivity contribution is -0.385. The number of nitrogens with one attached hydrogen (secondary N) is 1. The van der Waals surface area contributed by atoms with Crippen LogP contribution in [0.15, 0.2) is 0 Å². The number of nitro groups is 1. The van der Waals surface area contributed by atoms with Crippen molar-refractivity contribution in [2.75, 3.05) is 29.9 Å². The van der Waals surface area contributed by atoms with Gasteiger partial charge in [-0.3, -0.25) is 10.1 Å². The van der Waals surface area contributed by atoms with Crippen molar-refractivity contribution < 1.29 is 4.92 Å². The van der Waals surface area contributed by atoms with Crippen LogP contribution in [-0.4, -0.2) is 34.5 Å². The lowest BCUT2D eigenvalue weighted by Gasteiger charge is -2.21. The molecule has 0 spiro atoms. The first-order chi connectivity index (χ1) is 9.54. The molecule has 0 aromatic carbocycles. The normalized spacial score (nSPS) is 10.4. The van der Waals surface area contributed by atoms with E-state index in [1.165, 1.54) is 0 Å². The van der Waals surface area contributed by atoms with Crippen LogP contribution in [0.3, 0.4) is 0 Å². The third-order valence-corrected chi connectivity index (χ3v) is 2.93. The zero-order valence-electron chi connectivity index (χ0n) is 12.6. The van der Waals surface area contributed by atoms with Crippen LogP contribution in [0.4, 0.5) is 17.5 Å². The number of aryl methyl sites for hydroxylation is 1. The molecule has 112 valence electrons. The summed E-state index contributed by atoms with van der Waals surface area (Å²) in [6, 6.07) is 0. The van der Waals surface area contributed by atoms with Crippen molar-refractivity contribution >= 4 is 17.5 Å². The largest absolute Gasteiger partial charge is 0.354 e. The molecule has 0 unspecified atom stereocenters. The summed E-state index contributed by atoms with van der Waals surface area (Å²) in [5.41, 5.74) is 0.399. The Labute approximate surface area is 119 Å². The minimum absolute atomic E-state index is 0.00217. The number of hydrogen-bond acceptors (Lipinski definition) is 6.